The van der Waals surface area contributed by atoms with E-state index in [0.29, 0.717) is 48.4 Å². The molecule has 5 nitrogen and oxygen atoms in total. The standard InChI is InChI=1S/C28H48O5/c1-7-26(31)21(6)14-20(5)13-19(4)10-8-9-11-27(32)25(12-18(2)3)28(33)22-15-23(29)17-24(30)16-22/h15-21,25,27-30,32-33H,7-14H2,1-6H3/t19-,20-,21-,25+,27+,28-/m0/s1. The zero-order valence-corrected chi connectivity index (χ0v) is 21.6. The summed E-state index contributed by atoms with van der Waals surface area (Å²) in [5.74, 6) is 1.34. The molecule has 0 fully saturated rings. The van der Waals surface area contributed by atoms with Gasteiger partial charge in [-0.15, -0.1) is 0 Å². The Morgan fingerprint density at radius 2 is 1.39 bits per heavy atom. The first-order valence-corrected chi connectivity index (χ1v) is 12.9. The van der Waals surface area contributed by atoms with E-state index in [-0.39, 0.29) is 23.3 Å². The lowest BCUT2D eigenvalue weighted by Crippen LogP contribution is -2.28. The monoisotopic (exact) mass is 464 g/mol. The lowest BCUT2D eigenvalue weighted by molar-refractivity contribution is -0.122. The minimum atomic E-state index is -0.951. The topological polar surface area (TPSA) is 98.0 Å². The van der Waals surface area contributed by atoms with Crippen molar-refractivity contribution in [1.82, 2.24) is 0 Å². The average Bonchev–Trinajstić information content (AvgIpc) is 2.72. The van der Waals surface area contributed by atoms with Crippen LogP contribution >= 0.6 is 0 Å². The highest BCUT2D eigenvalue weighted by atomic mass is 16.3. The molecule has 0 saturated carbocycles. The summed E-state index contributed by atoms with van der Waals surface area (Å²) in [6.07, 6.45) is 5.34. The molecule has 0 saturated heterocycles. The number of ketones is 1. The van der Waals surface area contributed by atoms with Gasteiger partial charge in [0, 0.05) is 24.3 Å². The van der Waals surface area contributed by atoms with Gasteiger partial charge < -0.3 is 20.4 Å². The Labute approximate surface area is 201 Å². The van der Waals surface area contributed by atoms with Crippen LogP contribution < -0.4 is 0 Å². The minimum absolute atomic E-state index is 0.0986. The van der Waals surface area contributed by atoms with E-state index in [4.69, 9.17) is 0 Å². The van der Waals surface area contributed by atoms with Crippen molar-refractivity contribution in [1.29, 1.82) is 0 Å². The van der Waals surface area contributed by atoms with Crippen molar-refractivity contribution >= 4 is 5.78 Å². The van der Waals surface area contributed by atoms with Crippen molar-refractivity contribution in [2.24, 2.45) is 29.6 Å². The van der Waals surface area contributed by atoms with Gasteiger partial charge in [-0.1, -0.05) is 60.8 Å². The number of rotatable bonds is 16. The van der Waals surface area contributed by atoms with Crippen LogP contribution in [0, 0.1) is 29.6 Å². The van der Waals surface area contributed by atoms with Crippen LogP contribution in [-0.4, -0.2) is 32.3 Å². The molecule has 1 aromatic rings. The highest BCUT2D eigenvalue weighted by molar-refractivity contribution is 5.80. The molecular formula is C28H48O5. The van der Waals surface area contributed by atoms with Crippen LogP contribution in [0.5, 0.6) is 11.5 Å². The van der Waals surface area contributed by atoms with Crippen LogP contribution in [0.1, 0.15) is 105 Å². The third kappa shape index (κ3) is 10.9. The van der Waals surface area contributed by atoms with E-state index in [0.717, 1.165) is 32.1 Å². The molecule has 1 rings (SSSR count). The summed E-state index contributed by atoms with van der Waals surface area (Å²) in [6.45, 7) is 12.6. The molecule has 4 N–H and O–H groups in total. The molecule has 0 radical (unpaired) electrons. The van der Waals surface area contributed by atoms with Crippen LogP contribution in [-0.2, 0) is 4.79 Å². The Morgan fingerprint density at radius 1 is 0.818 bits per heavy atom. The highest BCUT2D eigenvalue weighted by Crippen LogP contribution is 2.35. The van der Waals surface area contributed by atoms with E-state index < -0.39 is 12.2 Å². The van der Waals surface area contributed by atoms with Gasteiger partial charge in [0.25, 0.3) is 0 Å². The Kier molecular flexibility index (Phi) is 13.0. The number of phenols is 2. The summed E-state index contributed by atoms with van der Waals surface area (Å²) in [5.41, 5.74) is 0.426. The summed E-state index contributed by atoms with van der Waals surface area (Å²) < 4.78 is 0. The summed E-state index contributed by atoms with van der Waals surface area (Å²) in [7, 11) is 0. The predicted octanol–water partition coefficient (Wildman–Crippen LogP) is 6.38. The van der Waals surface area contributed by atoms with E-state index in [9.17, 15) is 25.2 Å². The Bertz CT molecular complexity index is 681. The maximum atomic E-state index is 11.8. The van der Waals surface area contributed by atoms with E-state index in [1.165, 1.54) is 18.2 Å². The molecular weight excluding hydrogens is 416 g/mol. The van der Waals surface area contributed by atoms with Gasteiger partial charge in [0.05, 0.1) is 12.2 Å². The summed E-state index contributed by atoms with van der Waals surface area (Å²) in [4.78, 5) is 11.8. The van der Waals surface area contributed by atoms with Gasteiger partial charge in [-0.3, -0.25) is 4.79 Å². The normalized spacial score (nSPS) is 17.4. The van der Waals surface area contributed by atoms with Crippen LogP contribution in [0.3, 0.4) is 0 Å². The average molecular weight is 465 g/mol. The number of carbonyl (C=O) groups is 1. The van der Waals surface area contributed by atoms with Crippen molar-refractivity contribution in [3.63, 3.8) is 0 Å². The second-order valence-electron chi connectivity index (χ2n) is 10.8. The molecule has 1 aromatic carbocycles. The SMILES string of the molecule is CCC(=O)[C@@H](C)C[C@@H](C)C[C@@H](C)CCCC[C@@H](O)[C@@H](CC(C)C)[C@@H](O)c1cc(O)cc(O)c1. The second-order valence-corrected chi connectivity index (χ2v) is 10.8. The molecule has 0 heterocycles. The maximum Gasteiger partial charge on any atom is 0.135 e. The Morgan fingerprint density at radius 3 is 1.94 bits per heavy atom. The quantitative estimate of drug-likeness (QED) is 0.213. The Balaban J connectivity index is 2.54. The number of unbranched alkanes of at least 4 members (excludes halogenated alkanes) is 1. The summed E-state index contributed by atoms with van der Waals surface area (Å²) in [5, 5.41) is 41.4. The fourth-order valence-corrected chi connectivity index (χ4v) is 5.12. The molecule has 0 aliphatic carbocycles. The number of aliphatic hydroxyl groups excluding tert-OH is 2. The van der Waals surface area contributed by atoms with E-state index in [1.54, 1.807) is 0 Å². The number of aliphatic hydroxyl groups is 2. The number of Topliss-reactive ketones (excluding diaryl/α,β-unsaturated/α-hetero) is 1. The lowest BCUT2D eigenvalue weighted by Gasteiger charge is -2.30. The van der Waals surface area contributed by atoms with Gasteiger partial charge >= 0.3 is 0 Å². The smallest absolute Gasteiger partial charge is 0.135 e. The molecule has 0 bridgehead atoms. The van der Waals surface area contributed by atoms with Gasteiger partial charge in [-0.25, -0.2) is 0 Å². The van der Waals surface area contributed by atoms with Crippen molar-refractivity contribution in [3.8, 4) is 11.5 Å². The zero-order chi connectivity index (χ0) is 25.1. The second kappa shape index (κ2) is 14.6. The first-order chi connectivity index (χ1) is 15.4. The van der Waals surface area contributed by atoms with Gasteiger partial charge in [0.2, 0.25) is 0 Å². The van der Waals surface area contributed by atoms with Crippen LogP contribution in [0.15, 0.2) is 18.2 Å². The third-order valence-corrected chi connectivity index (χ3v) is 6.82. The van der Waals surface area contributed by atoms with Crippen molar-refractivity contribution < 1.29 is 25.2 Å². The predicted molar refractivity (Wildman–Crippen MR) is 134 cm³/mol. The molecule has 190 valence electrons. The number of carbonyl (C=O) groups excluding carboxylic acids is 1. The minimum Gasteiger partial charge on any atom is -0.508 e. The van der Waals surface area contributed by atoms with Crippen LogP contribution in [0.2, 0.25) is 0 Å². The van der Waals surface area contributed by atoms with Crippen molar-refractivity contribution in [3.05, 3.63) is 23.8 Å². The van der Waals surface area contributed by atoms with Crippen molar-refractivity contribution in [2.75, 3.05) is 0 Å². The summed E-state index contributed by atoms with van der Waals surface area (Å²) in [6, 6.07) is 4.12. The van der Waals surface area contributed by atoms with Gasteiger partial charge in [-0.2, -0.15) is 0 Å². The number of aromatic hydroxyl groups is 2. The molecule has 0 unspecified atom stereocenters. The molecule has 0 aliphatic heterocycles. The van der Waals surface area contributed by atoms with Gasteiger partial charge in [-0.05, 0) is 61.1 Å². The Hall–Kier alpha value is -1.59. The number of hydrogen-bond donors (Lipinski definition) is 4. The molecule has 0 aliphatic rings. The van der Waals surface area contributed by atoms with E-state index in [1.807, 2.05) is 13.8 Å². The lowest BCUT2D eigenvalue weighted by atomic mass is 9.82. The van der Waals surface area contributed by atoms with Gasteiger partial charge in [0.15, 0.2) is 0 Å². The fourth-order valence-electron chi connectivity index (χ4n) is 5.12. The third-order valence-electron chi connectivity index (χ3n) is 6.82. The molecule has 0 amide bonds. The van der Waals surface area contributed by atoms with Crippen molar-refractivity contribution in [2.45, 2.75) is 105 Å². The first kappa shape index (κ1) is 29.4. The largest absolute Gasteiger partial charge is 0.508 e. The first-order valence-electron chi connectivity index (χ1n) is 12.9. The number of benzene rings is 1. The van der Waals surface area contributed by atoms with Crippen LogP contribution in [0.4, 0.5) is 0 Å². The van der Waals surface area contributed by atoms with E-state index >= 15 is 0 Å². The zero-order valence-electron chi connectivity index (χ0n) is 21.6. The molecule has 33 heavy (non-hydrogen) atoms. The molecule has 0 spiro atoms. The highest BCUT2D eigenvalue weighted by Gasteiger charge is 2.29. The number of hydrogen-bond acceptors (Lipinski definition) is 5. The summed E-state index contributed by atoms with van der Waals surface area (Å²) >= 11 is 0. The molecule has 0 aromatic heterocycles. The molecule has 5 heteroatoms. The maximum absolute atomic E-state index is 11.8. The fraction of sp³-hybridized carbons (Fsp3) is 0.750. The van der Waals surface area contributed by atoms with E-state index in [2.05, 4.69) is 27.7 Å². The molecule has 6 atom stereocenters. The van der Waals surface area contributed by atoms with Gasteiger partial charge in [0.1, 0.15) is 17.3 Å². The van der Waals surface area contributed by atoms with Crippen LogP contribution in [0.25, 0.3) is 0 Å². The number of phenolic OH excluding ortho intramolecular Hbond substituents is 2.